The topological polar surface area (TPSA) is 95.1 Å². The van der Waals surface area contributed by atoms with Crippen molar-refractivity contribution in [3.8, 4) is 23.0 Å². The van der Waals surface area contributed by atoms with E-state index in [1.807, 2.05) is 13.8 Å². The highest BCUT2D eigenvalue weighted by Gasteiger charge is 2.17. The van der Waals surface area contributed by atoms with Gasteiger partial charge in [0.25, 0.3) is 11.8 Å². The van der Waals surface area contributed by atoms with E-state index in [1.54, 1.807) is 12.1 Å². The van der Waals surface area contributed by atoms with Crippen LogP contribution in [-0.4, -0.2) is 39.2 Å². The van der Waals surface area contributed by atoms with Crippen molar-refractivity contribution in [2.45, 2.75) is 20.0 Å². The molecule has 2 aromatic carbocycles. The van der Waals surface area contributed by atoms with Crippen LogP contribution in [0.1, 0.15) is 34.6 Å². The Bertz CT molecular complexity index is 901. The highest BCUT2D eigenvalue weighted by molar-refractivity contribution is 6.32. The molecule has 0 radical (unpaired) electrons. The fourth-order valence-corrected chi connectivity index (χ4v) is 2.75. The molecule has 0 aliphatic heterocycles. The summed E-state index contributed by atoms with van der Waals surface area (Å²) in [5, 5.41) is 0.203. The zero-order chi connectivity index (χ0) is 21.6. The van der Waals surface area contributed by atoms with Gasteiger partial charge in [0.1, 0.15) is 0 Å². The third kappa shape index (κ3) is 5.45. The van der Waals surface area contributed by atoms with Gasteiger partial charge < -0.3 is 18.9 Å². The van der Waals surface area contributed by atoms with Crippen molar-refractivity contribution in [1.29, 1.82) is 0 Å². The lowest BCUT2D eigenvalue weighted by atomic mass is 10.2. The maximum absolute atomic E-state index is 12.4. The van der Waals surface area contributed by atoms with Crippen LogP contribution in [0.25, 0.3) is 0 Å². The summed E-state index contributed by atoms with van der Waals surface area (Å²) in [6.07, 6.45) is -0.0452. The van der Waals surface area contributed by atoms with Crippen molar-refractivity contribution in [2.24, 2.45) is 0 Å². The highest BCUT2D eigenvalue weighted by atomic mass is 35.5. The second-order valence-corrected chi connectivity index (χ2v) is 6.54. The second-order valence-electron chi connectivity index (χ2n) is 6.13. The number of benzene rings is 2. The number of rotatable bonds is 7. The van der Waals surface area contributed by atoms with E-state index >= 15 is 0 Å². The first-order valence-electron chi connectivity index (χ1n) is 8.67. The molecule has 0 aliphatic rings. The van der Waals surface area contributed by atoms with Gasteiger partial charge in [0.2, 0.25) is 0 Å². The maximum atomic E-state index is 12.4. The smallest absolute Gasteiger partial charge is 0.269 e. The Balaban J connectivity index is 2.11. The Hall–Kier alpha value is -3.13. The minimum absolute atomic E-state index is 0.0452. The highest BCUT2D eigenvalue weighted by Crippen LogP contribution is 2.36. The molecule has 0 spiro atoms. The van der Waals surface area contributed by atoms with E-state index in [4.69, 9.17) is 30.5 Å². The Morgan fingerprint density at radius 3 is 1.97 bits per heavy atom. The van der Waals surface area contributed by atoms with Crippen LogP contribution in [0, 0.1) is 0 Å². The Morgan fingerprint density at radius 2 is 1.41 bits per heavy atom. The zero-order valence-corrected chi connectivity index (χ0v) is 17.5. The number of amides is 2. The van der Waals surface area contributed by atoms with Crippen molar-refractivity contribution in [2.75, 3.05) is 21.3 Å². The molecule has 2 rings (SSSR count). The van der Waals surface area contributed by atoms with Crippen LogP contribution >= 0.6 is 11.6 Å². The normalized spacial score (nSPS) is 10.3. The molecule has 0 saturated carbocycles. The van der Waals surface area contributed by atoms with Gasteiger partial charge >= 0.3 is 0 Å². The van der Waals surface area contributed by atoms with Gasteiger partial charge in [-0.05, 0) is 44.2 Å². The molecular weight excluding hydrogens is 400 g/mol. The van der Waals surface area contributed by atoms with E-state index in [1.165, 1.54) is 39.5 Å². The molecular formula is C20H23ClN2O6. The molecule has 0 fully saturated rings. The van der Waals surface area contributed by atoms with E-state index in [0.717, 1.165) is 0 Å². The van der Waals surface area contributed by atoms with Crippen molar-refractivity contribution >= 4 is 23.4 Å². The molecule has 0 unspecified atom stereocenters. The number of halogens is 1. The number of nitrogens with one attached hydrogen (secondary N) is 2. The first-order valence-corrected chi connectivity index (χ1v) is 9.05. The molecule has 2 N–H and O–H groups in total. The number of ether oxygens (including phenoxy) is 4. The van der Waals surface area contributed by atoms with Crippen LogP contribution in [0.15, 0.2) is 30.3 Å². The predicted octanol–water partition coefficient (Wildman–Crippen LogP) is 3.23. The van der Waals surface area contributed by atoms with Crippen molar-refractivity contribution in [1.82, 2.24) is 10.9 Å². The Labute approximate surface area is 174 Å². The lowest BCUT2D eigenvalue weighted by molar-refractivity contribution is 0.0846. The quantitative estimate of drug-likeness (QED) is 0.665. The first-order chi connectivity index (χ1) is 13.8. The fourth-order valence-electron chi connectivity index (χ4n) is 2.47. The van der Waals surface area contributed by atoms with E-state index < -0.39 is 11.8 Å². The van der Waals surface area contributed by atoms with Gasteiger partial charge in [-0.3, -0.25) is 20.4 Å². The zero-order valence-electron chi connectivity index (χ0n) is 16.8. The van der Waals surface area contributed by atoms with E-state index in [-0.39, 0.29) is 22.3 Å². The molecule has 9 heteroatoms. The summed E-state index contributed by atoms with van der Waals surface area (Å²) in [5.41, 5.74) is 5.14. The summed E-state index contributed by atoms with van der Waals surface area (Å²) < 4.78 is 21.2. The molecule has 0 atom stereocenters. The summed E-state index contributed by atoms with van der Waals surface area (Å²) in [6.45, 7) is 3.77. The van der Waals surface area contributed by atoms with Crippen molar-refractivity contribution in [3.05, 3.63) is 46.5 Å². The van der Waals surface area contributed by atoms with E-state index in [9.17, 15) is 9.59 Å². The average Bonchev–Trinajstić information content (AvgIpc) is 2.70. The standard InChI is InChI=1S/C20H23ClN2O6/c1-11(2)29-15-7-6-12(9-16(15)26-3)19(24)22-23-20(25)13-8-14(21)18(28-5)17(10-13)27-4/h6-11H,1-5H3,(H,22,24)(H,23,25). The van der Waals surface area contributed by atoms with Gasteiger partial charge in [-0.15, -0.1) is 0 Å². The summed E-state index contributed by atoms with van der Waals surface area (Å²) in [5.74, 6) is 0.423. The molecule has 2 amide bonds. The van der Waals surface area contributed by atoms with Gasteiger partial charge in [-0.1, -0.05) is 11.6 Å². The first kappa shape index (κ1) is 22.2. The molecule has 0 aromatic heterocycles. The van der Waals surface area contributed by atoms with Crippen LogP contribution in [0.3, 0.4) is 0 Å². The minimum atomic E-state index is -0.576. The molecule has 0 aliphatic carbocycles. The molecule has 0 saturated heterocycles. The number of hydrogen-bond acceptors (Lipinski definition) is 6. The van der Waals surface area contributed by atoms with E-state index in [2.05, 4.69) is 10.9 Å². The van der Waals surface area contributed by atoms with Crippen LogP contribution in [0.5, 0.6) is 23.0 Å². The Morgan fingerprint density at radius 1 is 0.828 bits per heavy atom. The number of methoxy groups -OCH3 is 3. The molecule has 156 valence electrons. The average molecular weight is 423 g/mol. The largest absolute Gasteiger partial charge is 0.493 e. The van der Waals surface area contributed by atoms with Crippen LogP contribution in [0.4, 0.5) is 0 Å². The molecule has 8 nitrogen and oxygen atoms in total. The fraction of sp³-hybridized carbons (Fsp3) is 0.300. The third-order valence-electron chi connectivity index (χ3n) is 3.77. The van der Waals surface area contributed by atoms with Gasteiger partial charge in [-0.25, -0.2) is 0 Å². The van der Waals surface area contributed by atoms with E-state index in [0.29, 0.717) is 23.0 Å². The van der Waals surface area contributed by atoms with Gasteiger partial charge in [0.15, 0.2) is 23.0 Å². The number of hydrogen-bond donors (Lipinski definition) is 2. The molecule has 29 heavy (non-hydrogen) atoms. The van der Waals surface area contributed by atoms with Gasteiger partial charge in [0, 0.05) is 11.1 Å². The Kier molecular flexibility index (Phi) is 7.55. The summed E-state index contributed by atoms with van der Waals surface area (Å²) in [7, 11) is 4.35. The summed E-state index contributed by atoms with van der Waals surface area (Å²) >= 11 is 6.10. The molecule has 0 heterocycles. The van der Waals surface area contributed by atoms with Crippen molar-refractivity contribution in [3.63, 3.8) is 0 Å². The van der Waals surface area contributed by atoms with Crippen molar-refractivity contribution < 1.29 is 28.5 Å². The summed E-state index contributed by atoms with van der Waals surface area (Å²) in [6, 6.07) is 7.57. The second kappa shape index (κ2) is 9.88. The predicted molar refractivity (Wildman–Crippen MR) is 108 cm³/mol. The minimum Gasteiger partial charge on any atom is -0.493 e. The SMILES string of the molecule is COc1cc(C(=O)NNC(=O)c2cc(Cl)c(OC)c(OC)c2)ccc1OC(C)C. The number of hydrazine groups is 1. The monoisotopic (exact) mass is 422 g/mol. The number of carbonyl (C=O) groups is 2. The number of carbonyl (C=O) groups excluding carboxylic acids is 2. The van der Waals surface area contributed by atoms with Crippen LogP contribution in [-0.2, 0) is 0 Å². The maximum Gasteiger partial charge on any atom is 0.269 e. The molecule has 2 aromatic rings. The van der Waals surface area contributed by atoms with Crippen LogP contribution < -0.4 is 29.8 Å². The lowest BCUT2D eigenvalue weighted by Gasteiger charge is -2.15. The third-order valence-corrected chi connectivity index (χ3v) is 4.05. The summed E-state index contributed by atoms with van der Waals surface area (Å²) in [4.78, 5) is 24.8. The lowest BCUT2D eigenvalue weighted by Crippen LogP contribution is -2.41. The van der Waals surface area contributed by atoms with Gasteiger partial charge in [-0.2, -0.15) is 0 Å². The molecule has 0 bridgehead atoms. The van der Waals surface area contributed by atoms with Crippen LogP contribution in [0.2, 0.25) is 5.02 Å². The van der Waals surface area contributed by atoms with Gasteiger partial charge in [0.05, 0.1) is 32.5 Å².